The molecule has 1 rings (SSSR count). The van der Waals surface area contributed by atoms with E-state index in [1.807, 2.05) is 0 Å². The molecule has 0 bridgehead atoms. The standard InChI is InChI=1S/C10H20O/c1-7(2)11-10-6-8(3)5-9(10)4/h7-10H,5-6H2,1-4H3. The summed E-state index contributed by atoms with van der Waals surface area (Å²) in [5.74, 6) is 1.64. The van der Waals surface area contributed by atoms with E-state index in [-0.39, 0.29) is 0 Å². The van der Waals surface area contributed by atoms with Crippen LogP contribution in [-0.4, -0.2) is 12.2 Å². The maximum Gasteiger partial charge on any atom is 0.0606 e. The molecule has 66 valence electrons. The van der Waals surface area contributed by atoms with E-state index in [1.54, 1.807) is 0 Å². The van der Waals surface area contributed by atoms with E-state index < -0.39 is 0 Å². The van der Waals surface area contributed by atoms with Crippen molar-refractivity contribution >= 4 is 0 Å². The highest BCUT2D eigenvalue weighted by Crippen LogP contribution is 2.33. The first-order valence-corrected chi connectivity index (χ1v) is 4.75. The van der Waals surface area contributed by atoms with Gasteiger partial charge in [-0.15, -0.1) is 0 Å². The van der Waals surface area contributed by atoms with Crippen LogP contribution in [0.4, 0.5) is 0 Å². The Hall–Kier alpha value is -0.0400. The van der Waals surface area contributed by atoms with Crippen molar-refractivity contribution in [3.63, 3.8) is 0 Å². The molecule has 0 aromatic carbocycles. The Labute approximate surface area is 70.1 Å². The quantitative estimate of drug-likeness (QED) is 0.597. The van der Waals surface area contributed by atoms with Crippen LogP contribution in [-0.2, 0) is 4.74 Å². The second-order valence-corrected chi connectivity index (χ2v) is 4.28. The van der Waals surface area contributed by atoms with Crippen LogP contribution in [0.5, 0.6) is 0 Å². The van der Waals surface area contributed by atoms with E-state index in [1.165, 1.54) is 12.8 Å². The van der Waals surface area contributed by atoms with Gasteiger partial charge >= 0.3 is 0 Å². The third-order valence-corrected chi connectivity index (χ3v) is 2.49. The second kappa shape index (κ2) is 3.57. The molecule has 0 saturated heterocycles. The van der Waals surface area contributed by atoms with Crippen molar-refractivity contribution < 1.29 is 4.74 Å². The summed E-state index contributed by atoms with van der Waals surface area (Å²) in [6.07, 6.45) is 3.54. The van der Waals surface area contributed by atoms with Gasteiger partial charge in [-0.2, -0.15) is 0 Å². The van der Waals surface area contributed by atoms with Gasteiger partial charge < -0.3 is 4.74 Å². The first-order valence-electron chi connectivity index (χ1n) is 4.75. The van der Waals surface area contributed by atoms with Gasteiger partial charge in [-0.1, -0.05) is 13.8 Å². The molecule has 1 aliphatic rings. The van der Waals surface area contributed by atoms with Crippen molar-refractivity contribution in [2.24, 2.45) is 11.8 Å². The predicted molar refractivity (Wildman–Crippen MR) is 47.6 cm³/mol. The average Bonchev–Trinajstić information content (AvgIpc) is 2.09. The molecule has 0 spiro atoms. The number of hydrogen-bond donors (Lipinski definition) is 0. The van der Waals surface area contributed by atoms with Crippen LogP contribution < -0.4 is 0 Å². The zero-order valence-electron chi connectivity index (χ0n) is 8.13. The molecule has 0 heterocycles. The Kier molecular flexibility index (Phi) is 2.94. The van der Waals surface area contributed by atoms with E-state index in [4.69, 9.17) is 4.74 Å². The molecular weight excluding hydrogens is 136 g/mol. The number of hydrogen-bond acceptors (Lipinski definition) is 1. The Morgan fingerprint density at radius 1 is 1.18 bits per heavy atom. The van der Waals surface area contributed by atoms with Crippen LogP contribution in [0.3, 0.4) is 0 Å². The van der Waals surface area contributed by atoms with Crippen molar-refractivity contribution in [2.45, 2.75) is 52.7 Å². The van der Waals surface area contributed by atoms with Crippen LogP contribution in [0.15, 0.2) is 0 Å². The first-order chi connectivity index (χ1) is 5.09. The lowest BCUT2D eigenvalue weighted by atomic mass is 10.1. The summed E-state index contributed by atoms with van der Waals surface area (Å²) in [6.45, 7) is 8.86. The van der Waals surface area contributed by atoms with Crippen LogP contribution >= 0.6 is 0 Å². The van der Waals surface area contributed by atoms with Crippen LogP contribution in [0.25, 0.3) is 0 Å². The molecule has 3 atom stereocenters. The van der Waals surface area contributed by atoms with Gasteiger partial charge in [-0.05, 0) is 38.5 Å². The predicted octanol–water partition coefficient (Wildman–Crippen LogP) is 2.85. The van der Waals surface area contributed by atoms with Crippen molar-refractivity contribution in [3.05, 3.63) is 0 Å². The lowest BCUT2D eigenvalue weighted by Crippen LogP contribution is -2.19. The molecule has 0 amide bonds. The van der Waals surface area contributed by atoms with Gasteiger partial charge in [0.1, 0.15) is 0 Å². The summed E-state index contributed by atoms with van der Waals surface area (Å²) in [5.41, 5.74) is 0. The summed E-state index contributed by atoms with van der Waals surface area (Å²) >= 11 is 0. The molecule has 0 aromatic heterocycles. The highest BCUT2D eigenvalue weighted by atomic mass is 16.5. The molecule has 0 aliphatic heterocycles. The fourth-order valence-corrected chi connectivity index (χ4v) is 2.05. The average molecular weight is 156 g/mol. The van der Waals surface area contributed by atoms with Crippen LogP contribution in [0, 0.1) is 11.8 Å². The Morgan fingerprint density at radius 2 is 1.82 bits per heavy atom. The minimum atomic E-state index is 0.396. The molecule has 0 radical (unpaired) electrons. The molecule has 1 aliphatic carbocycles. The van der Waals surface area contributed by atoms with E-state index in [0.717, 1.165) is 11.8 Å². The van der Waals surface area contributed by atoms with Crippen molar-refractivity contribution in [1.29, 1.82) is 0 Å². The maximum absolute atomic E-state index is 5.79. The highest BCUT2D eigenvalue weighted by molar-refractivity contribution is 4.79. The molecule has 1 saturated carbocycles. The minimum Gasteiger partial charge on any atom is -0.375 e. The van der Waals surface area contributed by atoms with Gasteiger partial charge in [0.15, 0.2) is 0 Å². The topological polar surface area (TPSA) is 9.23 Å². The zero-order valence-corrected chi connectivity index (χ0v) is 8.13. The fourth-order valence-electron chi connectivity index (χ4n) is 2.05. The van der Waals surface area contributed by atoms with Gasteiger partial charge in [-0.25, -0.2) is 0 Å². The van der Waals surface area contributed by atoms with E-state index >= 15 is 0 Å². The van der Waals surface area contributed by atoms with E-state index in [0.29, 0.717) is 12.2 Å². The lowest BCUT2D eigenvalue weighted by Gasteiger charge is -2.18. The maximum atomic E-state index is 5.79. The largest absolute Gasteiger partial charge is 0.375 e. The van der Waals surface area contributed by atoms with Crippen molar-refractivity contribution in [2.75, 3.05) is 0 Å². The van der Waals surface area contributed by atoms with Crippen LogP contribution in [0.2, 0.25) is 0 Å². The van der Waals surface area contributed by atoms with Gasteiger partial charge in [0, 0.05) is 0 Å². The third-order valence-electron chi connectivity index (χ3n) is 2.49. The number of rotatable bonds is 2. The Bertz CT molecular complexity index is 120. The molecule has 1 fully saturated rings. The lowest BCUT2D eigenvalue weighted by molar-refractivity contribution is -0.0102. The Morgan fingerprint density at radius 3 is 2.18 bits per heavy atom. The zero-order chi connectivity index (χ0) is 8.43. The van der Waals surface area contributed by atoms with Gasteiger partial charge in [-0.3, -0.25) is 0 Å². The molecule has 3 unspecified atom stereocenters. The first kappa shape index (κ1) is 9.05. The van der Waals surface area contributed by atoms with E-state index in [9.17, 15) is 0 Å². The SMILES string of the molecule is CC1CC(C)C(OC(C)C)C1. The third kappa shape index (κ3) is 2.48. The summed E-state index contributed by atoms with van der Waals surface area (Å²) in [6, 6.07) is 0. The molecule has 0 aromatic rings. The number of ether oxygens (including phenoxy) is 1. The van der Waals surface area contributed by atoms with E-state index in [2.05, 4.69) is 27.7 Å². The van der Waals surface area contributed by atoms with Gasteiger partial charge in [0.05, 0.1) is 12.2 Å². The van der Waals surface area contributed by atoms with Crippen molar-refractivity contribution in [3.8, 4) is 0 Å². The fraction of sp³-hybridized carbons (Fsp3) is 1.00. The Balaban J connectivity index is 2.34. The molecule has 11 heavy (non-hydrogen) atoms. The van der Waals surface area contributed by atoms with Crippen LogP contribution in [0.1, 0.15) is 40.5 Å². The smallest absolute Gasteiger partial charge is 0.0606 e. The molecule has 1 nitrogen and oxygen atoms in total. The minimum absolute atomic E-state index is 0.396. The molecule has 0 N–H and O–H groups in total. The van der Waals surface area contributed by atoms with Gasteiger partial charge in [0.25, 0.3) is 0 Å². The highest BCUT2D eigenvalue weighted by Gasteiger charge is 2.29. The van der Waals surface area contributed by atoms with Crippen molar-refractivity contribution in [1.82, 2.24) is 0 Å². The molecular formula is C10H20O. The normalized spacial score (nSPS) is 38.5. The van der Waals surface area contributed by atoms with Gasteiger partial charge in [0.2, 0.25) is 0 Å². The summed E-state index contributed by atoms with van der Waals surface area (Å²) < 4.78 is 5.79. The summed E-state index contributed by atoms with van der Waals surface area (Å²) in [4.78, 5) is 0. The monoisotopic (exact) mass is 156 g/mol. The second-order valence-electron chi connectivity index (χ2n) is 4.28. The summed E-state index contributed by atoms with van der Waals surface area (Å²) in [7, 11) is 0. The molecule has 1 heteroatoms. The summed E-state index contributed by atoms with van der Waals surface area (Å²) in [5, 5.41) is 0.